The van der Waals surface area contributed by atoms with Gasteiger partial charge in [0, 0.05) is 18.8 Å². The maximum Gasteiger partial charge on any atom is 0.195 e. The second-order valence-corrected chi connectivity index (χ2v) is 3.79. The first-order valence-electron chi connectivity index (χ1n) is 5.61. The summed E-state index contributed by atoms with van der Waals surface area (Å²) in [5.74, 6) is 0. The Morgan fingerprint density at radius 2 is 1.88 bits per heavy atom. The van der Waals surface area contributed by atoms with Gasteiger partial charge in [0.25, 0.3) is 0 Å². The number of hydrogen-bond donors (Lipinski definition) is 2. The number of anilines is 1. The van der Waals surface area contributed by atoms with Crippen molar-refractivity contribution in [1.29, 1.82) is 0 Å². The van der Waals surface area contributed by atoms with Crippen LogP contribution in [0, 0.1) is 6.57 Å². The molecular formula is C14H14N2O. The number of aliphatic hydroxyl groups is 1. The summed E-state index contributed by atoms with van der Waals surface area (Å²) in [6, 6.07) is 11.6. The molecular weight excluding hydrogens is 212 g/mol. The molecule has 2 aromatic rings. The van der Waals surface area contributed by atoms with Gasteiger partial charge in [-0.05, 0) is 23.3 Å². The van der Waals surface area contributed by atoms with Gasteiger partial charge in [-0.2, -0.15) is 0 Å². The van der Waals surface area contributed by atoms with Crippen molar-refractivity contribution in [2.24, 2.45) is 0 Å². The molecule has 0 unspecified atom stereocenters. The molecule has 2 rings (SSSR count). The third-order valence-electron chi connectivity index (χ3n) is 2.67. The van der Waals surface area contributed by atoms with Crippen molar-refractivity contribution in [2.75, 3.05) is 18.5 Å². The Hall–Kier alpha value is -2.05. The van der Waals surface area contributed by atoms with Crippen LogP contribution in [-0.2, 0) is 0 Å². The van der Waals surface area contributed by atoms with Crippen molar-refractivity contribution in [3.63, 3.8) is 0 Å². The highest BCUT2D eigenvalue weighted by Crippen LogP contribution is 2.31. The number of nitrogens with zero attached hydrogens (tertiary/aromatic N) is 1. The summed E-state index contributed by atoms with van der Waals surface area (Å²) in [5.41, 5.74) is 1.69. The van der Waals surface area contributed by atoms with Crippen LogP contribution in [0.3, 0.4) is 0 Å². The molecule has 17 heavy (non-hydrogen) atoms. The summed E-state index contributed by atoms with van der Waals surface area (Å²) in [4.78, 5) is 3.52. The standard InChI is InChI=1S/C14H14N2O/c1-15-13-7-8-14(16-9-4-10-17)12-6-3-2-5-11(12)13/h2-3,5-8,16-17H,4,9-10H2. The molecule has 3 nitrogen and oxygen atoms in total. The smallest absolute Gasteiger partial charge is 0.195 e. The van der Waals surface area contributed by atoms with Gasteiger partial charge in [0.15, 0.2) is 5.69 Å². The Morgan fingerprint density at radius 1 is 1.12 bits per heavy atom. The number of fused-ring (bicyclic) bond motifs is 1. The predicted molar refractivity (Wildman–Crippen MR) is 70.4 cm³/mol. The lowest BCUT2D eigenvalue weighted by atomic mass is 10.1. The van der Waals surface area contributed by atoms with Crippen molar-refractivity contribution in [1.82, 2.24) is 0 Å². The van der Waals surface area contributed by atoms with Gasteiger partial charge in [0.05, 0.1) is 6.57 Å². The molecule has 0 fully saturated rings. The van der Waals surface area contributed by atoms with Gasteiger partial charge in [-0.3, -0.25) is 0 Å². The molecule has 0 saturated heterocycles. The molecule has 0 saturated carbocycles. The average molecular weight is 226 g/mol. The number of hydrogen-bond acceptors (Lipinski definition) is 2. The zero-order chi connectivity index (χ0) is 12.1. The largest absolute Gasteiger partial charge is 0.396 e. The number of nitrogens with one attached hydrogen (secondary N) is 1. The molecule has 0 amide bonds. The van der Waals surface area contributed by atoms with Gasteiger partial charge in [-0.25, -0.2) is 4.85 Å². The third kappa shape index (κ3) is 2.38. The minimum absolute atomic E-state index is 0.186. The Bertz CT molecular complexity index is 558. The minimum Gasteiger partial charge on any atom is -0.396 e. The van der Waals surface area contributed by atoms with Crippen LogP contribution in [0.15, 0.2) is 36.4 Å². The zero-order valence-electron chi connectivity index (χ0n) is 9.48. The van der Waals surface area contributed by atoms with Crippen LogP contribution in [0.5, 0.6) is 0 Å². The van der Waals surface area contributed by atoms with Crippen LogP contribution < -0.4 is 5.32 Å². The van der Waals surface area contributed by atoms with Crippen LogP contribution in [0.2, 0.25) is 0 Å². The van der Waals surface area contributed by atoms with E-state index in [2.05, 4.69) is 10.2 Å². The van der Waals surface area contributed by atoms with Crippen LogP contribution >= 0.6 is 0 Å². The van der Waals surface area contributed by atoms with Crippen molar-refractivity contribution < 1.29 is 5.11 Å². The highest BCUT2D eigenvalue weighted by molar-refractivity contribution is 6.02. The van der Waals surface area contributed by atoms with E-state index >= 15 is 0 Å². The maximum atomic E-state index is 8.76. The van der Waals surface area contributed by atoms with Crippen LogP contribution in [0.1, 0.15) is 6.42 Å². The third-order valence-corrected chi connectivity index (χ3v) is 2.67. The molecule has 2 N–H and O–H groups in total. The summed E-state index contributed by atoms with van der Waals surface area (Å²) in [6.07, 6.45) is 0.721. The second kappa shape index (κ2) is 5.33. The lowest BCUT2D eigenvalue weighted by Crippen LogP contribution is -2.03. The Balaban J connectivity index is 2.41. The zero-order valence-corrected chi connectivity index (χ0v) is 9.48. The van der Waals surface area contributed by atoms with E-state index < -0.39 is 0 Å². The molecule has 0 aliphatic rings. The Labute approximate surface area is 101 Å². The van der Waals surface area contributed by atoms with E-state index in [1.165, 1.54) is 0 Å². The number of aliphatic hydroxyl groups excluding tert-OH is 1. The van der Waals surface area contributed by atoms with Gasteiger partial charge in [-0.15, -0.1) is 0 Å². The van der Waals surface area contributed by atoms with Gasteiger partial charge in [0.2, 0.25) is 0 Å². The highest BCUT2D eigenvalue weighted by Gasteiger charge is 2.04. The van der Waals surface area contributed by atoms with Crippen LogP contribution in [0.4, 0.5) is 11.4 Å². The van der Waals surface area contributed by atoms with E-state index in [0.717, 1.165) is 29.4 Å². The summed E-state index contributed by atoms with van der Waals surface area (Å²) < 4.78 is 0. The van der Waals surface area contributed by atoms with E-state index in [0.29, 0.717) is 5.69 Å². The average Bonchev–Trinajstić information content (AvgIpc) is 2.39. The van der Waals surface area contributed by atoms with Crippen molar-refractivity contribution >= 4 is 22.1 Å². The SMILES string of the molecule is [C-]#[N+]c1ccc(NCCCO)c2ccccc12. The number of benzene rings is 2. The first-order chi connectivity index (χ1) is 8.36. The summed E-state index contributed by atoms with van der Waals surface area (Å²) in [6.45, 7) is 8.06. The first-order valence-corrected chi connectivity index (χ1v) is 5.61. The minimum atomic E-state index is 0.186. The van der Waals surface area contributed by atoms with Crippen molar-refractivity contribution in [2.45, 2.75) is 6.42 Å². The fourth-order valence-electron chi connectivity index (χ4n) is 1.84. The molecule has 0 aliphatic carbocycles. The van der Waals surface area contributed by atoms with E-state index in [1.807, 2.05) is 36.4 Å². The second-order valence-electron chi connectivity index (χ2n) is 3.79. The molecule has 0 bridgehead atoms. The fourth-order valence-corrected chi connectivity index (χ4v) is 1.84. The van der Waals surface area contributed by atoms with Gasteiger partial charge < -0.3 is 10.4 Å². The molecule has 0 radical (unpaired) electrons. The molecule has 0 aromatic heterocycles. The summed E-state index contributed by atoms with van der Waals surface area (Å²) >= 11 is 0. The van der Waals surface area contributed by atoms with Gasteiger partial charge >= 0.3 is 0 Å². The van der Waals surface area contributed by atoms with E-state index in [-0.39, 0.29) is 6.61 Å². The molecule has 0 atom stereocenters. The lowest BCUT2D eigenvalue weighted by Gasteiger charge is -2.10. The molecule has 0 aliphatic heterocycles. The lowest BCUT2D eigenvalue weighted by molar-refractivity contribution is 0.292. The maximum absolute atomic E-state index is 8.76. The highest BCUT2D eigenvalue weighted by atomic mass is 16.3. The first kappa shape index (κ1) is 11.4. The predicted octanol–water partition coefficient (Wildman–Crippen LogP) is 3.18. The molecule has 3 heteroatoms. The van der Waals surface area contributed by atoms with Crippen molar-refractivity contribution in [3.05, 3.63) is 47.8 Å². The molecule has 86 valence electrons. The molecule has 0 heterocycles. The van der Waals surface area contributed by atoms with E-state index in [4.69, 9.17) is 11.7 Å². The normalized spacial score (nSPS) is 10.1. The monoisotopic (exact) mass is 226 g/mol. The fraction of sp³-hybridized carbons (Fsp3) is 0.214. The quantitative estimate of drug-likeness (QED) is 0.620. The molecule has 2 aromatic carbocycles. The Kier molecular flexibility index (Phi) is 3.59. The van der Waals surface area contributed by atoms with E-state index in [9.17, 15) is 0 Å². The Morgan fingerprint density at radius 3 is 2.59 bits per heavy atom. The van der Waals surface area contributed by atoms with Gasteiger partial charge in [0.1, 0.15) is 0 Å². The van der Waals surface area contributed by atoms with Crippen LogP contribution in [0.25, 0.3) is 15.6 Å². The van der Waals surface area contributed by atoms with Crippen LogP contribution in [-0.4, -0.2) is 18.3 Å². The summed E-state index contributed by atoms with van der Waals surface area (Å²) in [5, 5.41) is 14.1. The van der Waals surface area contributed by atoms with Crippen molar-refractivity contribution in [3.8, 4) is 0 Å². The van der Waals surface area contributed by atoms with Gasteiger partial charge in [-0.1, -0.05) is 30.3 Å². The topological polar surface area (TPSA) is 36.6 Å². The molecule has 0 spiro atoms. The van der Waals surface area contributed by atoms with E-state index in [1.54, 1.807) is 0 Å². The summed E-state index contributed by atoms with van der Waals surface area (Å²) in [7, 11) is 0. The number of rotatable bonds is 4.